The van der Waals surface area contributed by atoms with E-state index in [1.54, 1.807) is 6.08 Å². The van der Waals surface area contributed by atoms with Gasteiger partial charge in [-0.3, -0.25) is 4.99 Å². The maximum absolute atomic E-state index is 6.69. The number of hydrogen-bond acceptors (Lipinski definition) is 2. The van der Waals surface area contributed by atoms with E-state index in [9.17, 15) is 0 Å². The van der Waals surface area contributed by atoms with Gasteiger partial charge in [0.05, 0.1) is 0 Å². The molecule has 1 N–H and O–H groups in total. The average Bonchev–Trinajstić information content (AvgIpc) is 1.85. The third-order valence-electron chi connectivity index (χ3n) is 0.802. The van der Waals surface area contributed by atoms with Crippen LogP contribution >= 0.6 is 0 Å². The van der Waals surface area contributed by atoms with Crippen LogP contribution in [0.2, 0.25) is 0 Å². The van der Waals surface area contributed by atoms with Gasteiger partial charge in [-0.1, -0.05) is 6.92 Å². The first kappa shape index (κ1) is 8.08. The lowest BCUT2D eigenvalue weighted by atomic mass is 10.4. The summed E-state index contributed by atoms with van der Waals surface area (Å²) in [5.74, 6) is 0. The molecule has 0 aromatic heterocycles. The summed E-state index contributed by atoms with van der Waals surface area (Å²) in [4.78, 5) is 4.02. The normalized spacial score (nSPS) is 12.4. The quantitative estimate of drug-likeness (QED) is 0.559. The Labute approximate surface area is 55.8 Å². The summed E-state index contributed by atoms with van der Waals surface area (Å²) in [6, 6.07) is 0. The Bertz CT molecular complexity index is 134. The first-order valence-electron chi connectivity index (χ1n) is 3.01. The first-order chi connectivity index (χ1) is 4.31. The standard InChI is InChI=1S/C7H12N2/c1-3-6-9-7(2)4-5-8/h4-6,8H,3H2,1-2H3/b7-4-,8-5?,9-6?. The van der Waals surface area contributed by atoms with Gasteiger partial charge in [0.1, 0.15) is 0 Å². The molecule has 0 rings (SSSR count). The summed E-state index contributed by atoms with van der Waals surface area (Å²) >= 11 is 0. The fraction of sp³-hybridized carbons (Fsp3) is 0.429. The van der Waals surface area contributed by atoms with E-state index < -0.39 is 0 Å². The van der Waals surface area contributed by atoms with Crippen LogP contribution in [-0.4, -0.2) is 12.4 Å². The minimum Gasteiger partial charge on any atom is -0.309 e. The second kappa shape index (κ2) is 5.22. The Morgan fingerprint density at radius 3 is 2.78 bits per heavy atom. The fourth-order valence-electron chi connectivity index (χ4n) is 0.399. The second-order valence-corrected chi connectivity index (χ2v) is 1.69. The third kappa shape index (κ3) is 4.94. The number of hydrogen-bond donors (Lipinski definition) is 1. The molecule has 0 aliphatic heterocycles. The summed E-state index contributed by atoms with van der Waals surface area (Å²) in [7, 11) is 0. The molecule has 0 spiro atoms. The predicted molar refractivity (Wildman–Crippen MR) is 41.3 cm³/mol. The van der Waals surface area contributed by atoms with E-state index in [0.717, 1.165) is 12.1 Å². The predicted octanol–water partition coefficient (Wildman–Crippen LogP) is 2.02. The minimum absolute atomic E-state index is 0.881. The monoisotopic (exact) mass is 124 g/mol. The Morgan fingerprint density at radius 1 is 1.67 bits per heavy atom. The molecule has 0 saturated carbocycles. The second-order valence-electron chi connectivity index (χ2n) is 1.69. The largest absolute Gasteiger partial charge is 0.309 e. The van der Waals surface area contributed by atoms with Gasteiger partial charge < -0.3 is 5.41 Å². The Kier molecular flexibility index (Phi) is 4.69. The molecular weight excluding hydrogens is 112 g/mol. The molecular formula is C7H12N2. The molecule has 50 valence electrons. The third-order valence-corrected chi connectivity index (χ3v) is 0.802. The Morgan fingerprint density at radius 2 is 2.33 bits per heavy atom. The van der Waals surface area contributed by atoms with Crippen molar-refractivity contribution >= 4 is 12.4 Å². The molecule has 0 heterocycles. The Balaban J connectivity index is 3.74. The summed E-state index contributed by atoms with van der Waals surface area (Å²) < 4.78 is 0. The van der Waals surface area contributed by atoms with Gasteiger partial charge in [0.15, 0.2) is 0 Å². The highest BCUT2D eigenvalue weighted by Gasteiger charge is 1.75. The number of nitrogens with one attached hydrogen (secondary N) is 1. The van der Waals surface area contributed by atoms with Gasteiger partial charge in [-0.05, 0) is 19.4 Å². The van der Waals surface area contributed by atoms with Gasteiger partial charge in [0.2, 0.25) is 0 Å². The van der Waals surface area contributed by atoms with Crippen LogP contribution in [0.4, 0.5) is 0 Å². The van der Waals surface area contributed by atoms with E-state index in [0.29, 0.717) is 0 Å². The molecule has 0 aromatic rings. The van der Waals surface area contributed by atoms with Crippen molar-refractivity contribution in [3.63, 3.8) is 0 Å². The smallest absolute Gasteiger partial charge is 0.0383 e. The van der Waals surface area contributed by atoms with Crippen molar-refractivity contribution in [2.45, 2.75) is 20.3 Å². The molecule has 2 heteroatoms. The lowest BCUT2D eigenvalue weighted by molar-refractivity contribution is 1.26. The van der Waals surface area contributed by atoms with E-state index in [2.05, 4.69) is 4.99 Å². The molecule has 0 unspecified atom stereocenters. The molecule has 2 nitrogen and oxygen atoms in total. The topological polar surface area (TPSA) is 36.2 Å². The van der Waals surface area contributed by atoms with Gasteiger partial charge in [0.25, 0.3) is 0 Å². The molecule has 0 fully saturated rings. The van der Waals surface area contributed by atoms with Gasteiger partial charge in [-0.25, -0.2) is 0 Å². The van der Waals surface area contributed by atoms with Crippen LogP contribution < -0.4 is 0 Å². The van der Waals surface area contributed by atoms with Crippen LogP contribution in [0.15, 0.2) is 16.8 Å². The summed E-state index contributed by atoms with van der Waals surface area (Å²) in [5, 5.41) is 6.69. The molecule has 0 bridgehead atoms. The summed E-state index contributed by atoms with van der Waals surface area (Å²) in [6.45, 7) is 3.90. The molecule has 0 saturated heterocycles. The zero-order chi connectivity index (χ0) is 7.11. The van der Waals surface area contributed by atoms with Crippen molar-refractivity contribution in [1.82, 2.24) is 0 Å². The van der Waals surface area contributed by atoms with Crippen LogP contribution in [-0.2, 0) is 0 Å². The SMILES string of the molecule is CCC=N/C(C)=C\C=N. The van der Waals surface area contributed by atoms with Gasteiger partial charge in [-0.2, -0.15) is 0 Å². The highest BCUT2D eigenvalue weighted by atomic mass is 14.7. The number of allylic oxidation sites excluding steroid dienone is 2. The number of nitrogens with zero attached hydrogens (tertiary/aromatic N) is 1. The van der Waals surface area contributed by atoms with Crippen molar-refractivity contribution in [2.75, 3.05) is 0 Å². The zero-order valence-electron chi connectivity index (χ0n) is 5.89. The lowest BCUT2D eigenvalue weighted by Gasteiger charge is -1.84. The van der Waals surface area contributed by atoms with Crippen LogP contribution in [0.3, 0.4) is 0 Å². The number of aliphatic imine (C=N–C) groups is 1. The zero-order valence-corrected chi connectivity index (χ0v) is 5.89. The molecule has 0 amide bonds. The van der Waals surface area contributed by atoms with Crippen LogP contribution in [0.25, 0.3) is 0 Å². The average molecular weight is 124 g/mol. The highest BCUT2D eigenvalue weighted by molar-refractivity contribution is 5.69. The van der Waals surface area contributed by atoms with Gasteiger partial charge in [-0.15, -0.1) is 0 Å². The summed E-state index contributed by atoms with van der Waals surface area (Å²) in [6.07, 6.45) is 5.67. The molecule has 0 atom stereocenters. The fourth-order valence-corrected chi connectivity index (χ4v) is 0.399. The molecule has 9 heavy (non-hydrogen) atoms. The number of rotatable bonds is 3. The molecule has 0 aromatic carbocycles. The molecule has 0 aliphatic rings. The van der Waals surface area contributed by atoms with Crippen molar-refractivity contribution in [2.24, 2.45) is 4.99 Å². The van der Waals surface area contributed by atoms with Crippen molar-refractivity contribution in [3.8, 4) is 0 Å². The Hall–Kier alpha value is -0.920. The summed E-state index contributed by atoms with van der Waals surface area (Å²) in [5.41, 5.74) is 0.881. The maximum Gasteiger partial charge on any atom is 0.0383 e. The molecule has 0 aliphatic carbocycles. The maximum atomic E-state index is 6.69. The van der Waals surface area contributed by atoms with E-state index >= 15 is 0 Å². The van der Waals surface area contributed by atoms with E-state index in [-0.39, 0.29) is 0 Å². The van der Waals surface area contributed by atoms with Crippen molar-refractivity contribution in [1.29, 1.82) is 5.41 Å². The van der Waals surface area contributed by atoms with Crippen molar-refractivity contribution in [3.05, 3.63) is 11.8 Å². The minimum atomic E-state index is 0.881. The van der Waals surface area contributed by atoms with E-state index in [1.807, 2.05) is 20.1 Å². The van der Waals surface area contributed by atoms with Gasteiger partial charge >= 0.3 is 0 Å². The van der Waals surface area contributed by atoms with Gasteiger partial charge in [0, 0.05) is 18.1 Å². The molecule has 0 radical (unpaired) electrons. The lowest BCUT2D eigenvalue weighted by Crippen LogP contribution is -1.72. The highest BCUT2D eigenvalue weighted by Crippen LogP contribution is 1.90. The van der Waals surface area contributed by atoms with Crippen LogP contribution in [0.5, 0.6) is 0 Å². The van der Waals surface area contributed by atoms with E-state index in [4.69, 9.17) is 5.41 Å². The first-order valence-corrected chi connectivity index (χ1v) is 3.01. The van der Waals surface area contributed by atoms with E-state index in [1.165, 1.54) is 6.21 Å². The van der Waals surface area contributed by atoms with Crippen LogP contribution in [0.1, 0.15) is 20.3 Å². The van der Waals surface area contributed by atoms with Crippen molar-refractivity contribution < 1.29 is 0 Å². The van der Waals surface area contributed by atoms with Crippen LogP contribution in [0, 0.1) is 5.41 Å².